The largest absolute Gasteiger partial charge is 0.465 e. The van der Waals surface area contributed by atoms with Crippen LogP contribution in [0.2, 0.25) is 0 Å². The summed E-state index contributed by atoms with van der Waals surface area (Å²) >= 11 is 0. The van der Waals surface area contributed by atoms with Crippen molar-refractivity contribution in [1.82, 2.24) is 5.43 Å². The predicted octanol–water partition coefficient (Wildman–Crippen LogP) is -1.25. The minimum Gasteiger partial charge on any atom is -0.465 e. The van der Waals surface area contributed by atoms with Crippen molar-refractivity contribution in [3.05, 3.63) is 10.1 Å². The first-order chi connectivity index (χ1) is 7.97. The molecule has 17 heavy (non-hydrogen) atoms. The van der Waals surface area contributed by atoms with E-state index in [9.17, 15) is 14.9 Å². The normalized spacial score (nSPS) is 12.9. The summed E-state index contributed by atoms with van der Waals surface area (Å²) in [5.74, 6) is -0.743. The van der Waals surface area contributed by atoms with E-state index in [2.05, 4.69) is 4.99 Å². The lowest BCUT2D eigenvalue weighted by molar-refractivity contribution is -0.525. The molecular weight excluding hydrogens is 230 g/mol. The molecule has 98 valence electrons. The second-order valence-electron chi connectivity index (χ2n) is 3.14. The molecule has 0 aromatic heterocycles. The van der Waals surface area contributed by atoms with Crippen molar-refractivity contribution >= 4 is 11.9 Å². The standard InChI is InChI=1S/C8H17N5O4/c1-2-17-7(14)6(9)4-3-5-11-8(10)12-13(15)16/h6H,2-5,9H2,1H3,(H3,10,11,12)/t6-/m0/s1. The highest BCUT2D eigenvalue weighted by atomic mass is 16.7. The lowest BCUT2D eigenvalue weighted by atomic mass is 10.2. The van der Waals surface area contributed by atoms with Crippen LogP contribution < -0.4 is 16.9 Å². The Morgan fingerprint density at radius 3 is 2.82 bits per heavy atom. The summed E-state index contributed by atoms with van der Waals surface area (Å²) in [6.07, 6.45) is 0.869. The molecule has 5 N–H and O–H groups in total. The molecule has 0 rings (SSSR count). The van der Waals surface area contributed by atoms with Gasteiger partial charge in [-0.05, 0) is 19.8 Å². The summed E-state index contributed by atoms with van der Waals surface area (Å²) < 4.78 is 4.71. The zero-order valence-electron chi connectivity index (χ0n) is 9.59. The number of nitrogens with two attached hydrogens (primary N) is 2. The van der Waals surface area contributed by atoms with Crippen molar-refractivity contribution in [1.29, 1.82) is 0 Å². The molecule has 0 saturated heterocycles. The summed E-state index contributed by atoms with van der Waals surface area (Å²) in [5.41, 5.74) is 12.4. The van der Waals surface area contributed by atoms with Gasteiger partial charge in [-0.1, -0.05) is 5.43 Å². The molecule has 0 unspecified atom stereocenters. The zero-order valence-corrected chi connectivity index (χ0v) is 9.59. The minimum absolute atomic E-state index is 0.250. The van der Waals surface area contributed by atoms with E-state index < -0.39 is 17.0 Å². The van der Waals surface area contributed by atoms with Crippen molar-refractivity contribution in [2.75, 3.05) is 13.2 Å². The Kier molecular flexibility index (Phi) is 7.35. The first-order valence-electron chi connectivity index (χ1n) is 5.10. The first kappa shape index (κ1) is 15.1. The number of nitrogens with zero attached hydrogens (tertiary/aromatic N) is 2. The lowest BCUT2D eigenvalue weighted by Gasteiger charge is -2.08. The molecule has 0 aliphatic rings. The van der Waals surface area contributed by atoms with Gasteiger partial charge in [0.25, 0.3) is 5.96 Å². The Bertz CT molecular complexity index is 294. The third-order valence-electron chi connectivity index (χ3n) is 1.75. The SMILES string of the molecule is CCOC(=O)[C@@H](N)CCCN=C(N)N[N+](=O)[O-]. The molecule has 9 heteroatoms. The molecule has 0 aromatic rings. The number of rotatable bonds is 7. The number of nitrogens with one attached hydrogen (secondary N) is 1. The van der Waals surface area contributed by atoms with Gasteiger partial charge in [0.1, 0.15) is 6.04 Å². The van der Waals surface area contributed by atoms with Crippen molar-refractivity contribution in [2.24, 2.45) is 16.5 Å². The fourth-order valence-corrected chi connectivity index (χ4v) is 1.01. The van der Waals surface area contributed by atoms with Crippen LogP contribution in [0.3, 0.4) is 0 Å². The van der Waals surface area contributed by atoms with E-state index in [1.165, 1.54) is 0 Å². The van der Waals surface area contributed by atoms with E-state index in [0.717, 1.165) is 0 Å². The van der Waals surface area contributed by atoms with Crippen LogP contribution in [0.15, 0.2) is 4.99 Å². The Morgan fingerprint density at radius 1 is 1.65 bits per heavy atom. The Balaban J connectivity index is 3.76. The molecule has 9 nitrogen and oxygen atoms in total. The van der Waals surface area contributed by atoms with Gasteiger partial charge in [-0.25, -0.2) is 15.1 Å². The number of esters is 1. The predicted molar refractivity (Wildman–Crippen MR) is 60.5 cm³/mol. The highest BCUT2D eigenvalue weighted by Crippen LogP contribution is 1.97. The molecule has 0 saturated carbocycles. The third kappa shape index (κ3) is 7.96. The molecular formula is C8H17N5O4. The van der Waals surface area contributed by atoms with E-state index in [0.29, 0.717) is 12.8 Å². The number of nitro groups is 1. The van der Waals surface area contributed by atoms with Crippen molar-refractivity contribution in [3.63, 3.8) is 0 Å². The summed E-state index contributed by atoms with van der Waals surface area (Å²) in [4.78, 5) is 24.7. The number of ether oxygens (including phenoxy) is 1. The lowest BCUT2D eigenvalue weighted by Crippen LogP contribution is -2.36. The molecule has 0 amide bonds. The molecule has 0 spiro atoms. The average molecular weight is 247 g/mol. The van der Waals surface area contributed by atoms with E-state index in [1.54, 1.807) is 12.3 Å². The fraction of sp³-hybridized carbons (Fsp3) is 0.750. The van der Waals surface area contributed by atoms with Crippen LogP contribution in [0.5, 0.6) is 0 Å². The van der Waals surface area contributed by atoms with Crippen LogP contribution >= 0.6 is 0 Å². The summed E-state index contributed by atoms with van der Waals surface area (Å²) in [6.45, 7) is 2.23. The van der Waals surface area contributed by atoms with Gasteiger partial charge in [-0.2, -0.15) is 0 Å². The number of carbonyl (C=O) groups excluding carboxylic acids is 1. The third-order valence-corrected chi connectivity index (χ3v) is 1.75. The van der Waals surface area contributed by atoms with Gasteiger partial charge in [0.2, 0.25) is 0 Å². The monoisotopic (exact) mass is 247 g/mol. The molecule has 1 atom stereocenters. The van der Waals surface area contributed by atoms with Crippen LogP contribution in [0.1, 0.15) is 19.8 Å². The number of aliphatic imine (C=N–C) groups is 1. The molecule has 0 aliphatic heterocycles. The quantitative estimate of drug-likeness (QED) is 0.127. The summed E-state index contributed by atoms with van der Waals surface area (Å²) in [5, 5.41) is 9.16. The maximum Gasteiger partial charge on any atom is 0.322 e. The topological polar surface area (TPSA) is 146 Å². The smallest absolute Gasteiger partial charge is 0.322 e. The van der Waals surface area contributed by atoms with Gasteiger partial charge in [0, 0.05) is 6.54 Å². The maximum absolute atomic E-state index is 11.1. The van der Waals surface area contributed by atoms with Gasteiger partial charge in [0.15, 0.2) is 5.03 Å². The Labute approximate surface area is 98.3 Å². The van der Waals surface area contributed by atoms with Gasteiger partial charge >= 0.3 is 5.97 Å². The number of hydrazine groups is 1. The summed E-state index contributed by atoms with van der Waals surface area (Å²) in [6, 6.07) is -0.699. The number of hydrogen-bond donors (Lipinski definition) is 3. The average Bonchev–Trinajstić information content (AvgIpc) is 2.23. The van der Waals surface area contributed by atoms with Crippen LogP contribution in [0.4, 0.5) is 0 Å². The fourth-order valence-electron chi connectivity index (χ4n) is 1.01. The van der Waals surface area contributed by atoms with Crippen molar-refractivity contribution in [2.45, 2.75) is 25.8 Å². The van der Waals surface area contributed by atoms with Crippen LogP contribution in [0.25, 0.3) is 0 Å². The number of carbonyl (C=O) groups is 1. The highest BCUT2D eigenvalue weighted by molar-refractivity contribution is 5.76. The molecule has 0 aromatic carbocycles. The summed E-state index contributed by atoms with van der Waals surface area (Å²) in [7, 11) is 0. The molecule has 0 bridgehead atoms. The molecule has 0 aliphatic carbocycles. The van der Waals surface area contributed by atoms with Gasteiger partial charge in [-0.15, -0.1) is 0 Å². The molecule has 0 heterocycles. The van der Waals surface area contributed by atoms with Crippen molar-refractivity contribution < 1.29 is 14.6 Å². The first-order valence-corrected chi connectivity index (χ1v) is 5.10. The van der Waals surface area contributed by atoms with Gasteiger partial charge in [0.05, 0.1) is 6.61 Å². The Hall–Kier alpha value is -1.90. The second-order valence-corrected chi connectivity index (χ2v) is 3.14. The number of guanidine groups is 1. The van der Waals surface area contributed by atoms with Crippen LogP contribution in [0, 0.1) is 10.1 Å². The van der Waals surface area contributed by atoms with E-state index in [-0.39, 0.29) is 19.1 Å². The van der Waals surface area contributed by atoms with Crippen LogP contribution in [-0.2, 0) is 9.53 Å². The Morgan fingerprint density at radius 2 is 2.29 bits per heavy atom. The zero-order chi connectivity index (χ0) is 13.3. The van der Waals surface area contributed by atoms with Gasteiger partial charge in [-0.3, -0.25) is 4.79 Å². The highest BCUT2D eigenvalue weighted by Gasteiger charge is 2.13. The van der Waals surface area contributed by atoms with E-state index in [4.69, 9.17) is 16.2 Å². The van der Waals surface area contributed by atoms with E-state index in [1.807, 2.05) is 0 Å². The van der Waals surface area contributed by atoms with Crippen LogP contribution in [-0.4, -0.2) is 36.2 Å². The molecule has 0 radical (unpaired) electrons. The second kappa shape index (κ2) is 8.28. The maximum atomic E-state index is 11.1. The molecule has 0 fully saturated rings. The minimum atomic E-state index is -0.802. The van der Waals surface area contributed by atoms with Gasteiger partial charge < -0.3 is 16.2 Å². The van der Waals surface area contributed by atoms with Crippen molar-refractivity contribution in [3.8, 4) is 0 Å². The van der Waals surface area contributed by atoms with E-state index >= 15 is 0 Å². The number of hydrogen-bond acceptors (Lipinski definition) is 6.